The third-order valence-corrected chi connectivity index (χ3v) is 3.84. The predicted molar refractivity (Wildman–Crippen MR) is 100 cm³/mol. The third-order valence-electron chi connectivity index (χ3n) is 3.84. The Morgan fingerprint density at radius 1 is 0.963 bits per heavy atom. The summed E-state index contributed by atoms with van der Waals surface area (Å²) in [5.74, 6) is -1.34. The lowest BCUT2D eigenvalue weighted by Gasteiger charge is -2.09. The van der Waals surface area contributed by atoms with Crippen LogP contribution in [0.5, 0.6) is 5.75 Å². The molecule has 0 aliphatic carbocycles. The van der Waals surface area contributed by atoms with Gasteiger partial charge in [0, 0.05) is 0 Å². The first-order chi connectivity index (χ1) is 13.0. The van der Waals surface area contributed by atoms with Crippen molar-refractivity contribution in [2.45, 2.75) is 6.92 Å². The maximum atomic E-state index is 13.7. The molecule has 0 radical (unpaired) electrons. The first kappa shape index (κ1) is 18.4. The van der Waals surface area contributed by atoms with E-state index in [2.05, 4.69) is 5.32 Å². The number of nitrogens with one attached hydrogen (secondary N) is 1. The second-order valence-corrected chi connectivity index (χ2v) is 5.99. The minimum absolute atomic E-state index is 0.0362. The standard InChI is InChI=1S/C21H18FNO4/c1-14-6-9-19(18(22)10-14)23-20(24)12-27-21(25)13-26-17-8-7-15-4-2-3-5-16(15)11-17/h2-11H,12-13H2,1H3,(H,23,24). The van der Waals surface area contributed by atoms with Crippen LogP contribution in [0.3, 0.4) is 0 Å². The summed E-state index contributed by atoms with van der Waals surface area (Å²) in [6, 6.07) is 17.6. The van der Waals surface area contributed by atoms with Gasteiger partial charge >= 0.3 is 5.97 Å². The van der Waals surface area contributed by atoms with E-state index in [0.29, 0.717) is 5.75 Å². The number of ether oxygens (including phenoxy) is 2. The van der Waals surface area contributed by atoms with Gasteiger partial charge in [-0.3, -0.25) is 4.79 Å². The summed E-state index contributed by atoms with van der Waals surface area (Å²) in [5.41, 5.74) is 0.775. The molecular formula is C21H18FNO4. The fraction of sp³-hybridized carbons (Fsp3) is 0.143. The van der Waals surface area contributed by atoms with Gasteiger partial charge in [-0.25, -0.2) is 9.18 Å². The zero-order valence-electron chi connectivity index (χ0n) is 14.7. The smallest absolute Gasteiger partial charge is 0.344 e. The van der Waals surface area contributed by atoms with Crippen LogP contribution in [-0.4, -0.2) is 25.1 Å². The van der Waals surface area contributed by atoms with Crippen molar-refractivity contribution in [1.29, 1.82) is 0 Å². The first-order valence-corrected chi connectivity index (χ1v) is 8.34. The molecule has 138 valence electrons. The van der Waals surface area contributed by atoms with E-state index in [4.69, 9.17) is 9.47 Å². The molecule has 6 heteroatoms. The molecule has 0 unspecified atom stereocenters. The van der Waals surface area contributed by atoms with Crippen LogP contribution in [0.15, 0.2) is 60.7 Å². The maximum absolute atomic E-state index is 13.7. The average molecular weight is 367 g/mol. The van der Waals surface area contributed by atoms with E-state index in [9.17, 15) is 14.0 Å². The summed E-state index contributed by atoms with van der Waals surface area (Å²) in [6.07, 6.45) is 0. The normalized spacial score (nSPS) is 10.4. The van der Waals surface area contributed by atoms with Crippen LogP contribution in [0.25, 0.3) is 10.8 Å². The number of hydrogen-bond donors (Lipinski definition) is 1. The van der Waals surface area contributed by atoms with Gasteiger partial charge in [0.05, 0.1) is 5.69 Å². The van der Waals surface area contributed by atoms with Gasteiger partial charge in [0.1, 0.15) is 11.6 Å². The lowest BCUT2D eigenvalue weighted by atomic mass is 10.1. The summed E-state index contributed by atoms with van der Waals surface area (Å²) in [6.45, 7) is 0.893. The largest absolute Gasteiger partial charge is 0.482 e. The number of hydrogen-bond acceptors (Lipinski definition) is 4. The number of anilines is 1. The van der Waals surface area contributed by atoms with Crippen molar-refractivity contribution in [3.63, 3.8) is 0 Å². The number of rotatable bonds is 6. The number of halogens is 1. The van der Waals surface area contributed by atoms with Gasteiger partial charge in [0.2, 0.25) is 0 Å². The van der Waals surface area contributed by atoms with Crippen LogP contribution < -0.4 is 10.1 Å². The number of esters is 1. The highest BCUT2D eigenvalue weighted by atomic mass is 19.1. The van der Waals surface area contributed by atoms with E-state index in [-0.39, 0.29) is 12.3 Å². The van der Waals surface area contributed by atoms with Gasteiger partial charge < -0.3 is 14.8 Å². The molecule has 0 saturated heterocycles. The molecule has 0 heterocycles. The van der Waals surface area contributed by atoms with Gasteiger partial charge in [-0.1, -0.05) is 36.4 Å². The molecule has 0 atom stereocenters. The molecule has 0 aliphatic rings. The van der Waals surface area contributed by atoms with E-state index >= 15 is 0 Å². The Hall–Kier alpha value is -3.41. The molecule has 3 aromatic rings. The van der Waals surface area contributed by atoms with Crippen LogP contribution in [0.4, 0.5) is 10.1 Å². The van der Waals surface area contributed by atoms with E-state index in [1.54, 1.807) is 19.1 Å². The molecule has 3 rings (SSSR count). The Kier molecular flexibility index (Phi) is 5.66. The lowest BCUT2D eigenvalue weighted by Crippen LogP contribution is -2.24. The van der Waals surface area contributed by atoms with Crippen LogP contribution >= 0.6 is 0 Å². The molecule has 1 amide bonds. The van der Waals surface area contributed by atoms with E-state index in [1.165, 1.54) is 12.1 Å². The van der Waals surface area contributed by atoms with Crippen molar-refractivity contribution in [2.24, 2.45) is 0 Å². The van der Waals surface area contributed by atoms with Crippen LogP contribution in [0.1, 0.15) is 5.56 Å². The van der Waals surface area contributed by atoms with Crippen LogP contribution in [0, 0.1) is 12.7 Å². The fourth-order valence-electron chi connectivity index (χ4n) is 2.49. The minimum Gasteiger partial charge on any atom is -0.482 e. The second-order valence-electron chi connectivity index (χ2n) is 5.99. The van der Waals surface area contributed by atoms with Crippen molar-refractivity contribution >= 4 is 28.3 Å². The van der Waals surface area contributed by atoms with E-state index in [1.807, 2.05) is 36.4 Å². The molecule has 5 nitrogen and oxygen atoms in total. The van der Waals surface area contributed by atoms with E-state index in [0.717, 1.165) is 16.3 Å². The quantitative estimate of drug-likeness (QED) is 0.672. The second kappa shape index (κ2) is 8.31. The van der Waals surface area contributed by atoms with Gasteiger partial charge in [0.15, 0.2) is 13.2 Å². The maximum Gasteiger partial charge on any atom is 0.344 e. The van der Waals surface area contributed by atoms with Gasteiger partial charge in [-0.05, 0) is 47.5 Å². The zero-order valence-corrected chi connectivity index (χ0v) is 14.7. The Morgan fingerprint density at radius 2 is 1.74 bits per heavy atom. The number of aryl methyl sites for hydroxylation is 1. The van der Waals surface area contributed by atoms with Crippen molar-refractivity contribution < 1.29 is 23.5 Å². The molecule has 0 saturated carbocycles. The van der Waals surface area contributed by atoms with Crippen molar-refractivity contribution in [3.05, 3.63) is 72.0 Å². The van der Waals surface area contributed by atoms with Crippen molar-refractivity contribution in [1.82, 2.24) is 0 Å². The van der Waals surface area contributed by atoms with Gasteiger partial charge in [-0.15, -0.1) is 0 Å². The zero-order chi connectivity index (χ0) is 19.2. The molecular weight excluding hydrogens is 349 g/mol. The number of benzene rings is 3. The number of carbonyl (C=O) groups excluding carboxylic acids is 2. The van der Waals surface area contributed by atoms with Gasteiger partial charge in [0.25, 0.3) is 5.91 Å². The Labute approximate surface area is 155 Å². The molecule has 0 fully saturated rings. The van der Waals surface area contributed by atoms with E-state index < -0.39 is 24.3 Å². The summed E-state index contributed by atoms with van der Waals surface area (Å²) in [4.78, 5) is 23.5. The number of fused-ring (bicyclic) bond motifs is 1. The summed E-state index contributed by atoms with van der Waals surface area (Å²) in [7, 11) is 0. The lowest BCUT2D eigenvalue weighted by molar-refractivity contribution is -0.149. The van der Waals surface area contributed by atoms with Gasteiger partial charge in [-0.2, -0.15) is 0 Å². The molecule has 3 aromatic carbocycles. The van der Waals surface area contributed by atoms with Crippen molar-refractivity contribution in [3.8, 4) is 5.75 Å². The third kappa shape index (κ3) is 5.04. The van der Waals surface area contributed by atoms with Crippen molar-refractivity contribution in [2.75, 3.05) is 18.5 Å². The predicted octanol–water partition coefficient (Wildman–Crippen LogP) is 3.85. The van der Waals surface area contributed by atoms with Crippen LogP contribution in [-0.2, 0) is 14.3 Å². The Balaban J connectivity index is 1.46. The molecule has 0 aliphatic heterocycles. The SMILES string of the molecule is Cc1ccc(NC(=O)COC(=O)COc2ccc3ccccc3c2)c(F)c1. The molecule has 0 bridgehead atoms. The summed E-state index contributed by atoms with van der Waals surface area (Å²) in [5, 5.41) is 4.41. The highest BCUT2D eigenvalue weighted by Gasteiger charge is 2.11. The minimum atomic E-state index is -0.692. The molecule has 0 aromatic heterocycles. The summed E-state index contributed by atoms with van der Waals surface area (Å²) < 4.78 is 23.9. The average Bonchev–Trinajstić information content (AvgIpc) is 2.67. The topological polar surface area (TPSA) is 64.6 Å². The highest BCUT2D eigenvalue weighted by molar-refractivity contribution is 5.93. The van der Waals surface area contributed by atoms with Crippen LogP contribution in [0.2, 0.25) is 0 Å². The molecule has 0 spiro atoms. The fourth-order valence-corrected chi connectivity index (χ4v) is 2.49. The Morgan fingerprint density at radius 3 is 2.52 bits per heavy atom. The highest BCUT2D eigenvalue weighted by Crippen LogP contribution is 2.20. The number of carbonyl (C=O) groups is 2. The molecule has 27 heavy (non-hydrogen) atoms. The monoisotopic (exact) mass is 367 g/mol. The first-order valence-electron chi connectivity index (χ1n) is 8.34. The molecule has 1 N–H and O–H groups in total. The Bertz CT molecular complexity index is 987. The number of amides is 1. The summed E-state index contributed by atoms with van der Waals surface area (Å²) >= 11 is 0.